The predicted octanol–water partition coefficient (Wildman–Crippen LogP) is 1.73. The van der Waals surface area contributed by atoms with E-state index in [0.29, 0.717) is 11.6 Å². The van der Waals surface area contributed by atoms with Gasteiger partial charge in [-0.1, -0.05) is 30.3 Å². The second-order valence-corrected chi connectivity index (χ2v) is 8.64. The Morgan fingerprint density at radius 2 is 2.05 bits per heavy atom. The summed E-state index contributed by atoms with van der Waals surface area (Å²) in [7, 11) is -4.71. The van der Waals surface area contributed by atoms with E-state index in [4.69, 9.17) is 4.74 Å². The first kappa shape index (κ1) is 14.7. The van der Waals surface area contributed by atoms with E-state index in [0.717, 1.165) is 19.4 Å². The molecule has 2 unspecified atom stereocenters. The molecule has 2 rings (SSSR count). The molecule has 1 heterocycles. The highest BCUT2D eigenvalue weighted by molar-refractivity contribution is 7.86. The Morgan fingerprint density at radius 3 is 2.63 bits per heavy atom. The van der Waals surface area contributed by atoms with Crippen LogP contribution < -0.4 is 0 Å². The van der Waals surface area contributed by atoms with Crippen LogP contribution in [0.4, 0.5) is 0 Å². The Balaban J connectivity index is 2.03. The lowest BCUT2D eigenvalue weighted by atomic mass is 10.2. The molecule has 19 heavy (non-hydrogen) atoms. The molecule has 0 amide bonds. The highest BCUT2D eigenvalue weighted by Gasteiger charge is 2.26. The summed E-state index contributed by atoms with van der Waals surface area (Å²) in [5, 5.41) is -0.786. The molecule has 106 valence electrons. The van der Waals surface area contributed by atoms with E-state index in [1.165, 1.54) is 6.42 Å². The third kappa shape index (κ3) is 4.41. The minimum Gasteiger partial charge on any atom is -0.382 e. The zero-order valence-electron chi connectivity index (χ0n) is 10.9. The maximum atomic E-state index is 11.5. The lowest BCUT2D eigenvalue weighted by Crippen LogP contribution is -2.27. The van der Waals surface area contributed by atoms with Gasteiger partial charge in [0.25, 0.3) is 10.1 Å². The van der Waals surface area contributed by atoms with Crippen LogP contribution >= 0.6 is 0 Å². The van der Waals surface area contributed by atoms with Gasteiger partial charge in [-0.2, -0.15) is 8.42 Å². The molecule has 1 aliphatic rings. The van der Waals surface area contributed by atoms with Gasteiger partial charge in [0.2, 0.25) is 0 Å². The zero-order chi connectivity index (χ0) is 13.7. The van der Waals surface area contributed by atoms with Crippen molar-refractivity contribution in [2.75, 3.05) is 6.61 Å². The van der Waals surface area contributed by atoms with Crippen molar-refractivity contribution in [1.82, 2.24) is 0 Å². The van der Waals surface area contributed by atoms with E-state index in [1.54, 1.807) is 24.3 Å². The molecule has 0 radical (unpaired) electrons. The van der Waals surface area contributed by atoms with Crippen LogP contribution in [0.5, 0.6) is 0 Å². The van der Waals surface area contributed by atoms with E-state index in [-0.39, 0.29) is 5.73 Å². The molecule has 0 aromatic heterocycles. The molecule has 1 aromatic carbocycles. The second-order valence-electron chi connectivity index (χ2n) is 4.98. The van der Waals surface area contributed by atoms with E-state index >= 15 is 0 Å². The summed E-state index contributed by atoms with van der Waals surface area (Å²) in [6.07, 6.45) is 3.31. The van der Waals surface area contributed by atoms with Gasteiger partial charge in [-0.15, -0.1) is 0 Å². The first-order valence-corrected chi connectivity index (χ1v) is 10.0. The van der Waals surface area contributed by atoms with Gasteiger partial charge in [0.05, 0.1) is 9.52 Å². The Labute approximate surface area is 116 Å². The second kappa shape index (κ2) is 6.65. The molecule has 0 saturated carbocycles. The molecule has 1 aliphatic heterocycles. The molecule has 4 nitrogen and oxygen atoms in total. The molecule has 6 heteroatoms. The van der Waals surface area contributed by atoms with E-state index in [9.17, 15) is 13.0 Å². The monoisotopic (exact) mass is 300 g/mol. The zero-order valence-corrected chi connectivity index (χ0v) is 13.1. The number of hydrogen-bond donors (Lipinski definition) is 1. The normalized spacial score (nSPS) is 22.7. The molecule has 0 aliphatic carbocycles. The number of benzene rings is 1. The summed E-state index contributed by atoms with van der Waals surface area (Å²) in [5.74, 6) is 0. The van der Waals surface area contributed by atoms with Crippen LogP contribution in [0.1, 0.15) is 30.1 Å². The van der Waals surface area contributed by atoms with Crippen LogP contribution in [0.15, 0.2) is 30.3 Å². The standard InChI is InChI=1S/C13H20O4SSi/c14-18(15,16)12(11-6-2-1-3-7-11)10-19-13-8-4-5-9-17-13/h1-3,6-7,12-13H,4-5,8-10,19H2,(H,14,15,16). The van der Waals surface area contributed by atoms with Gasteiger partial charge in [-0.3, -0.25) is 4.55 Å². The van der Waals surface area contributed by atoms with Gasteiger partial charge in [0, 0.05) is 12.3 Å². The van der Waals surface area contributed by atoms with Crippen molar-refractivity contribution in [2.45, 2.75) is 36.3 Å². The summed E-state index contributed by atoms with van der Waals surface area (Å²) in [6, 6.07) is 9.49. The van der Waals surface area contributed by atoms with Crippen LogP contribution in [0, 0.1) is 0 Å². The van der Waals surface area contributed by atoms with Crippen molar-refractivity contribution >= 4 is 19.6 Å². The third-order valence-corrected chi connectivity index (χ3v) is 7.40. The maximum Gasteiger partial charge on any atom is 0.271 e. The molecular formula is C13H20O4SSi. The summed E-state index contributed by atoms with van der Waals surface area (Å²) in [4.78, 5) is 0. The minimum absolute atomic E-state index is 0.265. The average Bonchev–Trinajstić information content (AvgIpc) is 2.40. The average molecular weight is 300 g/mol. The Morgan fingerprint density at radius 1 is 1.32 bits per heavy atom. The molecular weight excluding hydrogens is 280 g/mol. The van der Waals surface area contributed by atoms with Crippen LogP contribution in [-0.2, 0) is 14.9 Å². The van der Waals surface area contributed by atoms with Gasteiger partial charge in [-0.25, -0.2) is 0 Å². The van der Waals surface area contributed by atoms with Crippen molar-refractivity contribution in [3.63, 3.8) is 0 Å². The number of hydrogen-bond acceptors (Lipinski definition) is 3. The van der Waals surface area contributed by atoms with Crippen molar-refractivity contribution in [1.29, 1.82) is 0 Å². The lowest BCUT2D eigenvalue weighted by Gasteiger charge is -2.23. The Kier molecular flexibility index (Phi) is 5.15. The fourth-order valence-electron chi connectivity index (χ4n) is 2.53. The van der Waals surface area contributed by atoms with E-state index in [2.05, 4.69) is 0 Å². The largest absolute Gasteiger partial charge is 0.382 e. The number of ether oxygens (including phenoxy) is 1. The Hall–Kier alpha value is -0.693. The molecule has 0 spiro atoms. The molecule has 1 aromatic rings. The van der Waals surface area contributed by atoms with Crippen LogP contribution in [0.2, 0.25) is 6.04 Å². The van der Waals surface area contributed by atoms with E-state index < -0.39 is 24.9 Å². The van der Waals surface area contributed by atoms with Crippen LogP contribution in [-0.4, -0.2) is 34.8 Å². The number of rotatable bonds is 5. The van der Waals surface area contributed by atoms with Gasteiger partial charge >= 0.3 is 0 Å². The Bertz CT molecular complexity index is 483. The van der Waals surface area contributed by atoms with Gasteiger partial charge < -0.3 is 4.74 Å². The van der Waals surface area contributed by atoms with Crippen molar-refractivity contribution in [2.24, 2.45) is 0 Å². The SMILES string of the molecule is O=S(=O)(O)C(C[SiH2]C1CCCCO1)c1ccccc1. The van der Waals surface area contributed by atoms with Crippen molar-refractivity contribution in [3.8, 4) is 0 Å². The van der Waals surface area contributed by atoms with Crippen LogP contribution in [0.25, 0.3) is 0 Å². The predicted molar refractivity (Wildman–Crippen MR) is 77.7 cm³/mol. The summed E-state index contributed by atoms with van der Waals surface area (Å²) in [5.41, 5.74) is 0.940. The van der Waals surface area contributed by atoms with Gasteiger partial charge in [-0.05, 0) is 30.9 Å². The first-order chi connectivity index (χ1) is 9.07. The van der Waals surface area contributed by atoms with Gasteiger partial charge in [0.15, 0.2) is 0 Å². The lowest BCUT2D eigenvalue weighted by molar-refractivity contribution is 0.0650. The van der Waals surface area contributed by atoms with Crippen molar-refractivity contribution < 1.29 is 17.7 Å². The maximum absolute atomic E-state index is 11.5. The highest BCUT2D eigenvalue weighted by Crippen LogP contribution is 2.26. The summed E-state index contributed by atoms with van der Waals surface area (Å²) >= 11 is 0. The molecule has 1 fully saturated rings. The molecule has 1 saturated heterocycles. The van der Waals surface area contributed by atoms with Gasteiger partial charge in [0.1, 0.15) is 5.25 Å². The quantitative estimate of drug-likeness (QED) is 0.664. The first-order valence-electron chi connectivity index (χ1n) is 6.70. The molecule has 2 atom stereocenters. The van der Waals surface area contributed by atoms with Crippen LogP contribution in [0.3, 0.4) is 0 Å². The highest BCUT2D eigenvalue weighted by atomic mass is 32.2. The fraction of sp³-hybridized carbons (Fsp3) is 0.538. The summed E-state index contributed by atoms with van der Waals surface area (Å²) in [6.45, 7) is 0.791. The smallest absolute Gasteiger partial charge is 0.271 e. The topological polar surface area (TPSA) is 63.6 Å². The third-order valence-electron chi connectivity index (χ3n) is 3.56. The van der Waals surface area contributed by atoms with E-state index in [1.807, 2.05) is 6.07 Å². The molecule has 1 N–H and O–H groups in total. The fourth-order valence-corrected chi connectivity index (χ4v) is 6.55. The molecule has 0 bridgehead atoms. The minimum atomic E-state index is -4.04. The van der Waals surface area contributed by atoms with Crippen molar-refractivity contribution in [3.05, 3.63) is 35.9 Å². The summed E-state index contributed by atoms with van der Waals surface area (Å²) < 4.78 is 38.2.